The average molecular weight is 457 g/mol. The molecule has 2 aromatic carbocycles. The van der Waals surface area contributed by atoms with Gasteiger partial charge in [0.1, 0.15) is 5.82 Å². The van der Waals surface area contributed by atoms with E-state index in [9.17, 15) is 24.2 Å². The number of nitrogens with two attached hydrogens (primary N) is 1. The third kappa shape index (κ3) is 5.09. The van der Waals surface area contributed by atoms with Crippen LogP contribution in [0.1, 0.15) is 24.0 Å². The number of nitrogens with one attached hydrogen (secondary N) is 1. The topological polar surface area (TPSA) is 119 Å². The van der Waals surface area contributed by atoms with Crippen molar-refractivity contribution in [3.63, 3.8) is 0 Å². The number of piperidine rings is 1. The van der Waals surface area contributed by atoms with Crippen LogP contribution in [0, 0.1) is 11.7 Å². The van der Waals surface area contributed by atoms with Gasteiger partial charge in [-0.05, 0) is 48.1 Å². The first-order valence-corrected chi connectivity index (χ1v) is 11.1. The van der Waals surface area contributed by atoms with Crippen LogP contribution in [0.2, 0.25) is 0 Å². The number of anilines is 2. The van der Waals surface area contributed by atoms with Gasteiger partial charge >= 0.3 is 0 Å². The molecule has 0 saturated carbocycles. The fraction of sp³-hybridized carbons (Fsp3) is 0.417. The molecular formula is C24H29FN4O4. The molecule has 2 aliphatic rings. The lowest BCUT2D eigenvalue weighted by atomic mass is 9.96. The van der Waals surface area contributed by atoms with E-state index in [0.29, 0.717) is 32.7 Å². The van der Waals surface area contributed by atoms with Gasteiger partial charge in [-0.1, -0.05) is 24.3 Å². The van der Waals surface area contributed by atoms with Gasteiger partial charge in [0.25, 0.3) is 11.8 Å². The molecule has 0 bridgehead atoms. The molecule has 8 nitrogen and oxygen atoms in total. The van der Waals surface area contributed by atoms with Gasteiger partial charge < -0.3 is 31.1 Å². The molecule has 0 unspecified atom stereocenters. The molecule has 5 N–H and O–H groups in total. The van der Waals surface area contributed by atoms with Crippen LogP contribution in [-0.4, -0.2) is 58.8 Å². The normalized spacial score (nSPS) is 18.0. The Kier molecular flexibility index (Phi) is 6.80. The Hall–Kier alpha value is -3.17. The number of hydrogen-bond acceptors (Lipinski definition) is 6. The molecule has 0 aliphatic carbocycles. The van der Waals surface area contributed by atoms with Crippen molar-refractivity contribution in [3.05, 3.63) is 59.4 Å². The fourth-order valence-electron chi connectivity index (χ4n) is 4.41. The number of nitrogens with zero attached hydrogens (tertiary/aromatic N) is 2. The predicted octanol–water partition coefficient (Wildman–Crippen LogP) is 1.00. The standard InChI is InChI=1S/C24H29FN4O4/c25-19-11-18(5-6-20(19)26)28-9-7-15(8-10-28)12-27-23(32)21(30)22(31)24(33)29-13-16-3-1-2-4-17(16)14-29/h1-6,11,15,21-22,30-31H,7-10,12-14,26H2,(H,27,32)/t21-,22-/m1/s1. The molecule has 2 atom stereocenters. The molecule has 1 fully saturated rings. The first-order chi connectivity index (χ1) is 15.8. The van der Waals surface area contributed by atoms with Crippen molar-refractivity contribution in [1.82, 2.24) is 10.2 Å². The number of benzene rings is 2. The van der Waals surface area contributed by atoms with E-state index in [1.165, 1.54) is 11.0 Å². The van der Waals surface area contributed by atoms with Crippen molar-refractivity contribution in [3.8, 4) is 0 Å². The maximum absolute atomic E-state index is 13.7. The summed E-state index contributed by atoms with van der Waals surface area (Å²) in [5.74, 6) is -1.70. The zero-order valence-electron chi connectivity index (χ0n) is 18.3. The number of aliphatic hydroxyl groups excluding tert-OH is 2. The zero-order valence-corrected chi connectivity index (χ0v) is 18.3. The highest BCUT2D eigenvalue weighted by Crippen LogP contribution is 2.26. The highest BCUT2D eigenvalue weighted by Gasteiger charge is 2.35. The minimum absolute atomic E-state index is 0.116. The van der Waals surface area contributed by atoms with Crippen molar-refractivity contribution in [2.45, 2.75) is 38.1 Å². The summed E-state index contributed by atoms with van der Waals surface area (Å²) in [6.07, 6.45) is -2.10. The van der Waals surface area contributed by atoms with Gasteiger partial charge in [0.05, 0.1) is 5.69 Å². The maximum atomic E-state index is 13.7. The van der Waals surface area contributed by atoms with Crippen molar-refractivity contribution >= 4 is 23.2 Å². The van der Waals surface area contributed by atoms with Crippen LogP contribution in [0.15, 0.2) is 42.5 Å². The first kappa shape index (κ1) is 23.0. The van der Waals surface area contributed by atoms with Crippen LogP contribution in [-0.2, 0) is 22.7 Å². The second-order valence-corrected chi connectivity index (χ2v) is 8.73. The number of carbonyl (C=O) groups excluding carboxylic acids is 2. The Bertz CT molecular complexity index is 1000. The third-order valence-electron chi connectivity index (χ3n) is 6.50. The second-order valence-electron chi connectivity index (χ2n) is 8.73. The summed E-state index contributed by atoms with van der Waals surface area (Å²) in [5, 5.41) is 23.2. The van der Waals surface area contributed by atoms with E-state index in [4.69, 9.17) is 5.73 Å². The van der Waals surface area contributed by atoms with Gasteiger partial charge in [-0.15, -0.1) is 0 Å². The number of halogens is 1. The summed E-state index contributed by atoms with van der Waals surface area (Å²) in [7, 11) is 0. The summed E-state index contributed by atoms with van der Waals surface area (Å²) in [6, 6.07) is 12.3. The summed E-state index contributed by atoms with van der Waals surface area (Å²) < 4.78 is 13.7. The highest BCUT2D eigenvalue weighted by atomic mass is 19.1. The van der Waals surface area contributed by atoms with Crippen molar-refractivity contribution in [2.75, 3.05) is 30.3 Å². The Morgan fingerprint density at radius 1 is 1.06 bits per heavy atom. The van der Waals surface area contributed by atoms with Crippen LogP contribution < -0.4 is 16.0 Å². The molecule has 0 radical (unpaired) electrons. The van der Waals surface area contributed by atoms with E-state index in [1.54, 1.807) is 12.1 Å². The summed E-state index contributed by atoms with van der Waals surface area (Å²) in [6.45, 7) is 2.41. The average Bonchev–Trinajstić information content (AvgIpc) is 3.27. The molecule has 2 aromatic rings. The van der Waals surface area contributed by atoms with Crippen LogP contribution >= 0.6 is 0 Å². The highest BCUT2D eigenvalue weighted by molar-refractivity contribution is 5.90. The predicted molar refractivity (Wildman–Crippen MR) is 121 cm³/mol. The van der Waals surface area contributed by atoms with Crippen molar-refractivity contribution in [1.29, 1.82) is 0 Å². The fourth-order valence-corrected chi connectivity index (χ4v) is 4.41. The first-order valence-electron chi connectivity index (χ1n) is 11.1. The number of rotatable bonds is 6. The molecule has 1 saturated heterocycles. The van der Waals surface area contributed by atoms with Gasteiger partial charge in [-0.3, -0.25) is 9.59 Å². The van der Waals surface area contributed by atoms with E-state index in [0.717, 1.165) is 29.7 Å². The molecule has 33 heavy (non-hydrogen) atoms. The van der Waals surface area contributed by atoms with Crippen molar-refractivity contribution < 1.29 is 24.2 Å². The van der Waals surface area contributed by atoms with Crippen LogP contribution in [0.5, 0.6) is 0 Å². The van der Waals surface area contributed by atoms with Crippen LogP contribution in [0.25, 0.3) is 0 Å². The number of aliphatic hydroxyl groups is 2. The van der Waals surface area contributed by atoms with E-state index in [1.807, 2.05) is 24.3 Å². The van der Waals surface area contributed by atoms with E-state index < -0.39 is 29.8 Å². The van der Waals surface area contributed by atoms with Crippen LogP contribution in [0.3, 0.4) is 0 Å². The molecule has 0 spiro atoms. The molecule has 4 rings (SSSR count). The minimum atomic E-state index is -1.83. The summed E-state index contributed by atoms with van der Waals surface area (Å²) in [5.41, 5.74) is 8.40. The largest absolute Gasteiger partial charge is 0.396 e. The molecular weight excluding hydrogens is 427 g/mol. The van der Waals surface area contributed by atoms with Gasteiger partial charge in [0.15, 0.2) is 12.2 Å². The lowest BCUT2D eigenvalue weighted by Crippen LogP contribution is -2.50. The maximum Gasteiger partial charge on any atom is 0.255 e. The SMILES string of the molecule is Nc1ccc(N2CCC(CNC(=O)[C@H](O)[C@@H](O)C(=O)N3Cc4ccccc4C3)CC2)cc1F. The molecule has 9 heteroatoms. The van der Waals surface area contributed by atoms with Gasteiger partial charge in [-0.25, -0.2) is 4.39 Å². The Morgan fingerprint density at radius 2 is 1.70 bits per heavy atom. The van der Waals surface area contributed by atoms with Crippen molar-refractivity contribution in [2.24, 2.45) is 5.92 Å². The summed E-state index contributed by atoms with van der Waals surface area (Å²) in [4.78, 5) is 28.4. The van der Waals surface area contributed by atoms with E-state index in [2.05, 4.69) is 10.2 Å². The number of fused-ring (bicyclic) bond motifs is 1. The Balaban J connectivity index is 1.22. The lowest BCUT2D eigenvalue weighted by Gasteiger charge is -2.34. The minimum Gasteiger partial charge on any atom is -0.396 e. The number of nitrogen functional groups attached to an aromatic ring is 1. The molecule has 176 valence electrons. The lowest BCUT2D eigenvalue weighted by molar-refractivity contribution is -0.153. The number of carbonyl (C=O) groups is 2. The van der Waals surface area contributed by atoms with Crippen LogP contribution in [0.4, 0.5) is 15.8 Å². The third-order valence-corrected chi connectivity index (χ3v) is 6.50. The zero-order chi connectivity index (χ0) is 23.5. The van der Waals surface area contributed by atoms with Gasteiger partial charge in [-0.2, -0.15) is 0 Å². The van der Waals surface area contributed by atoms with Gasteiger partial charge in [0.2, 0.25) is 0 Å². The molecule has 0 aromatic heterocycles. The summed E-state index contributed by atoms with van der Waals surface area (Å²) >= 11 is 0. The quantitative estimate of drug-likeness (QED) is 0.482. The van der Waals surface area contributed by atoms with E-state index in [-0.39, 0.29) is 11.6 Å². The second kappa shape index (κ2) is 9.76. The smallest absolute Gasteiger partial charge is 0.255 e. The Morgan fingerprint density at radius 3 is 2.30 bits per heavy atom. The molecule has 2 heterocycles. The number of amides is 2. The molecule has 2 aliphatic heterocycles. The van der Waals surface area contributed by atoms with E-state index >= 15 is 0 Å². The van der Waals surface area contributed by atoms with Gasteiger partial charge in [0, 0.05) is 38.4 Å². The molecule has 2 amide bonds. The Labute approximate surface area is 191 Å². The number of hydrogen-bond donors (Lipinski definition) is 4. The monoisotopic (exact) mass is 456 g/mol.